The predicted octanol–water partition coefficient (Wildman–Crippen LogP) is 18.8. The third-order valence-electron chi connectivity index (χ3n) is 14.2. The molecular weight excluding hydrogens is 875 g/mol. The van der Waals surface area contributed by atoms with Gasteiger partial charge < -0.3 is 0 Å². The third-order valence-corrected chi connectivity index (χ3v) is 14.2. The minimum atomic E-state index is 0.667. The summed E-state index contributed by atoms with van der Waals surface area (Å²) in [6.07, 6.45) is 26.6. The van der Waals surface area contributed by atoms with E-state index in [1.165, 1.54) is 125 Å². The molecule has 0 aliphatic heterocycles. The number of benzene rings is 5. The first-order valence-corrected chi connectivity index (χ1v) is 27.7. The maximum Gasteiger partial charge on any atom is 0.161 e. The molecule has 0 fully saturated rings. The van der Waals surface area contributed by atoms with Crippen LogP contribution in [0.5, 0.6) is 0 Å². The van der Waals surface area contributed by atoms with Crippen LogP contribution in [-0.2, 0) is 25.7 Å². The fourth-order valence-corrected chi connectivity index (χ4v) is 9.62. The van der Waals surface area contributed by atoms with Gasteiger partial charge in [0, 0.05) is 45.1 Å². The van der Waals surface area contributed by atoms with Gasteiger partial charge in [0.2, 0.25) is 0 Å². The molecule has 8 rings (SSSR count). The first kappa shape index (κ1) is 51.8. The van der Waals surface area contributed by atoms with E-state index in [4.69, 9.17) is 24.9 Å². The molecule has 5 nitrogen and oxygen atoms in total. The zero-order valence-electron chi connectivity index (χ0n) is 43.8. The Labute approximate surface area is 432 Å². The Morgan fingerprint density at radius 2 is 0.514 bits per heavy atom. The van der Waals surface area contributed by atoms with Crippen LogP contribution in [0.1, 0.15) is 153 Å². The number of aryl methyl sites for hydroxylation is 4. The summed E-state index contributed by atoms with van der Waals surface area (Å²) in [6.45, 7) is 9.06. The predicted molar refractivity (Wildman–Crippen MR) is 305 cm³/mol. The van der Waals surface area contributed by atoms with Crippen molar-refractivity contribution in [1.29, 1.82) is 0 Å². The van der Waals surface area contributed by atoms with Gasteiger partial charge >= 0.3 is 0 Å². The van der Waals surface area contributed by atoms with E-state index in [1.807, 2.05) is 6.20 Å². The van der Waals surface area contributed by atoms with E-state index in [1.54, 1.807) is 0 Å². The number of aromatic nitrogens is 5. The SMILES string of the molecule is CCCCCCc1ccc(-c2cc(-c3ccc(CCCCCC)cc3)nc(-c3ccc(-c4ccc(-c5nc(-c6ccc(CCCCCC)cc6)cc(-c6ccc(CCCCCC)cc6)n5)cn4)cc3)n2)cc1. The molecule has 0 atom stereocenters. The highest BCUT2D eigenvalue weighted by atomic mass is 14.9. The van der Waals surface area contributed by atoms with Crippen LogP contribution in [0.2, 0.25) is 0 Å². The lowest BCUT2D eigenvalue weighted by Crippen LogP contribution is -1.97. The number of hydrogen-bond acceptors (Lipinski definition) is 5. The first-order chi connectivity index (χ1) is 35.5. The Kier molecular flexibility index (Phi) is 19.6. The minimum Gasteiger partial charge on any atom is -0.255 e. The fourth-order valence-electron chi connectivity index (χ4n) is 9.62. The monoisotopic (exact) mass is 952 g/mol. The number of nitrogens with zero attached hydrogens (tertiary/aromatic N) is 5. The third kappa shape index (κ3) is 14.7. The van der Waals surface area contributed by atoms with Crippen LogP contribution in [0.3, 0.4) is 0 Å². The summed E-state index contributed by atoms with van der Waals surface area (Å²) in [6, 6.07) is 52.9. The normalized spacial score (nSPS) is 11.3. The second-order valence-corrected chi connectivity index (χ2v) is 20.0. The molecular formula is C67H77N5. The van der Waals surface area contributed by atoms with Crippen molar-refractivity contribution < 1.29 is 0 Å². The van der Waals surface area contributed by atoms with E-state index >= 15 is 0 Å². The number of hydrogen-bond donors (Lipinski definition) is 0. The molecule has 8 aromatic rings. The summed E-state index contributed by atoms with van der Waals surface area (Å²) in [5.41, 5.74) is 17.3. The van der Waals surface area contributed by atoms with Gasteiger partial charge in [-0.1, -0.05) is 226 Å². The largest absolute Gasteiger partial charge is 0.255 e. The average Bonchev–Trinajstić information content (AvgIpc) is 3.44. The van der Waals surface area contributed by atoms with Gasteiger partial charge in [-0.05, 0) is 97.9 Å². The van der Waals surface area contributed by atoms with Crippen LogP contribution in [0.4, 0.5) is 0 Å². The van der Waals surface area contributed by atoms with Crippen molar-refractivity contribution in [2.24, 2.45) is 0 Å². The van der Waals surface area contributed by atoms with Crippen molar-refractivity contribution in [2.45, 2.75) is 156 Å². The van der Waals surface area contributed by atoms with Crippen molar-refractivity contribution in [1.82, 2.24) is 24.9 Å². The molecule has 0 unspecified atom stereocenters. The first-order valence-electron chi connectivity index (χ1n) is 27.7. The standard InChI is InChI=1S/C67H77N5/c1-5-9-13-17-21-50-25-33-55(34-26-50)62-47-63(56-35-27-51(28-36-56)22-18-14-10-6-2)70-66(69-62)59-43-41-54(42-44-59)61-46-45-60(49-68-61)67-71-64(57-37-29-52(30-38-57)23-19-15-11-7-3)48-65(72-67)58-39-31-53(32-40-58)24-20-16-12-8-4/h25-49H,5-24H2,1-4H3. The van der Waals surface area contributed by atoms with Gasteiger partial charge in [0.25, 0.3) is 0 Å². The Morgan fingerprint density at radius 3 is 0.806 bits per heavy atom. The molecule has 0 radical (unpaired) electrons. The van der Waals surface area contributed by atoms with E-state index in [9.17, 15) is 0 Å². The molecule has 5 heteroatoms. The summed E-state index contributed by atoms with van der Waals surface area (Å²) >= 11 is 0. The zero-order chi connectivity index (χ0) is 49.7. The number of rotatable bonds is 27. The van der Waals surface area contributed by atoms with Crippen molar-refractivity contribution in [2.75, 3.05) is 0 Å². The lowest BCUT2D eigenvalue weighted by molar-refractivity contribution is 0.667. The number of unbranched alkanes of at least 4 members (excludes halogenated alkanes) is 12. The van der Waals surface area contributed by atoms with Gasteiger partial charge in [0.15, 0.2) is 11.6 Å². The summed E-state index contributed by atoms with van der Waals surface area (Å²) < 4.78 is 0. The molecule has 0 N–H and O–H groups in total. The van der Waals surface area contributed by atoms with E-state index < -0.39 is 0 Å². The zero-order valence-corrected chi connectivity index (χ0v) is 43.8. The molecule has 5 aromatic carbocycles. The molecule has 370 valence electrons. The Bertz CT molecular complexity index is 2500. The second kappa shape index (κ2) is 27.3. The van der Waals surface area contributed by atoms with Crippen LogP contribution < -0.4 is 0 Å². The van der Waals surface area contributed by atoms with Gasteiger partial charge in [-0.15, -0.1) is 0 Å². The van der Waals surface area contributed by atoms with E-state index in [2.05, 4.69) is 173 Å². The molecule has 0 aliphatic carbocycles. The van der Waals surface area contributed by atoms with Gasteiger partial charge in [-0.2, -0.15) is 0 Å². The maximum absolute atomic E-state index is 5.20. The van der Waals surface area contributed by atoms with Crippen LogP contribution in [0, 0.1) is 0 Å². The lowest BCUT2D eigenvalue weighted by Gasteiger charge is -2.12. The summed E-state index contributed by atoms with van der Waals surface area (Å²) in [7, 11) is 0. The van der Waals surface area contributed by atoms with Gasteiger partial charge in [0.05, 0.1) is 28.5 Å². The van der Waals surface area contributed by atoms with E-state index in [-0.39, 0.29) is 0 Å². The topological polar surface area (TPSA) is 64.5 Å². The minimum absolute atomic E-state index is 0.667. The summed E-state index contributed by atoms with van der Waals surface area (Å²) in [4.78, 5) is 25.8. The van der Waals surface area contributed by atoms with Crippen LogP contribution in [0.15, 0.2) is 152 Å². The highest BCUT2D eigenvalue weighted by Crippen LogP contribution is 2.32. The van der Waals surface area contributed by atoms with Crippen molar-refractivity contribution >= 4 is 0 Å². The summed E-state index contributed by atoms with van der Waals surface area (Å²) in [5.74, 6) is 1.38. The summed E-state index contributed by atoms with van der Waals surface area (Å²) in [5, 5.41) is 0. The fraction of sp³-hybridized carbons (Fsp3) is 0.358. The van der Waals surface area contributed by atoms with Crippen molar-refractivity contribution in [3.8, 4) is 79.1 Å². The Morgan fingerprint density at radius 1 is 0.250 bits per heavy atom. The molecule has 3 heterocycles. The van der Waals surface area contributed by atoms with Crippen molar-refractivity contribution in [3.63, 3.8) is 0 Å². The highest BCUT2D eigenvalue weighted by Gasteiger charge is 2.15. The molecule has 0 saturated carbocycles. The Balaban J connectivity index is 1.05. The molecule has 0 amide bonds. The molecule has 3 aromatic heterocycles. The Hall–Kier alpha value is -6.59. The molecule has 0 aliphatic rings. The van der Waals surface area contributed by atoms with Gasteiger partial charge in [-0.3, -0.25) is 4.98 Å². The van der Waals surface area contributed by atoms with Crippen molar-refractivity contribution in [3.05, 3.63) is 174 Å². The van der Waals surface area contributed by atoms with Gasteiger partial charge in [-0.25, -0.2) is 19.9 Å². The van der Waals surface area contributed by atoms with Crippen LogP contribution in [-0.4, -0.2) is 24.9 Å². The van der Waals surface area contributed by atoms with Gasteiger partial charge in [0.1, 0.15) is 0 Å². The number of pyridine rings is 1. The smallest absolute Gasteiger partial charge is 0.161 e. The van der Waals surface area contributed by atoms with E-state index in [0.717, 1.165) is 93.1 Å². The molecule has 0 spiro atoms. The second-order valence-electron chi connectivity index (χ2n) is 20.0. The highest BCUT2D eigenvalue weighted by molar-refractivity contribution is 5.75. The van der Waals surface area contributed by atoms with Crippen LogP contribution >= 0.6 is 0 Å². The molecule has 0 saturated heterocycles. The lowest BCUT2D eigenvalue weighted by atomic mass is 10.0. The molecule has 72 heavy (non-hydrogen) atoms. The van der Waals surface area contributed by atoms with Crippen LogP contribution in [0.25, 0.3) is 79.1 Å². The quantitative estimate of drug-likeness (QED) is 0.0481. The average molecular weight is 952 g/mol. The maximum atomic E-state index is 5.20. The molecule has 0 bridgehead atoms. The van der Waals surface area contributed by atoms with E-state index in [0.29, 0.717) is 11.6 Å².